The lowest BCUT2D eigenvalue weighted by Gasteiger charge is -2.13. The van der Waals surface area contributed by atoms with E-state index in [0.717, 1.165) is 61.9 Å². The molecule has 0 radical (unpaired) electrons. The molecule has 2 heterocycles. The van der Waals surface area contributed by atoms with Gasteiger partial charge in [0.15, 0.2) is 0 Å². The Morgan fingerprint density at radius 1 is 0.521 bits per heavy atom. The molecule has 8 aromatic rings. The maximum absolute atomic E-state index is 10.1. The monoisotopic (exact) mass is 612 g/mol. The minimum atomic E-state index is -0.0640. The molecule has 2 aromatic heterocycles. The predicted molar refractivity (Wildman–Crippen MR) is 196 cm³/mol. The van der Waals surface area contributed by atoms with Gasteiger partial charge in [-0.1, -0.05) is 91.0 Å². The Kier molecular flexibility index (Phi) is 6.35. The third-order valence-corrected chi connectivity index (χ3v) is 9.62. The Labute approximate surface area is 277 Å². The molecule has 0 saturated heterocycles. The average molecular weight is 613 g/mol. The van der Waals surface area contributed by atoms with Gasteiger partial charge in [0.1, 0.15) is 0 Å². The molecule has 0 N–H and O–H groups in total. The summed E-state index contributed by atoms with van der Waals surface area (Å²) >= 11 is 0. The van der Waals surface area contributed by atoms with Crippen molar-refractivity contribution >= 4 is 49.2 Å². The molecule has 0 amide bonds. The van der Waals surface area contributed by atoms with Crippen LogP contribution in [0.2, 0.25) is 0 Å². The highest BCUT2D eigenvalue weighted by molar-refractivity contribution is 6.11. The lowest BCUT2D eigenvalue weighted by Crippen LogP contribution is -1.97. The van der Waals surface area contributed by atoms with Crippen LogP contribution in [0.15, 0.2) is 152 Å². The molecule has 6 aromatic carbocycles. The zero-order valence-electron chi connectivity index (χ0n) is 26.0. The van der Waals surface area contributed by atoms with Crippen molar-refractivity contribution in [3.8, 4) is 34.6 Å². The second-order valence-electron chi connectivity index (χ2n) is 12.4. The molecule has 0 spiro atoms. The third kappa shape index (κ3) is 4.36. The number of rotatable bonds is 4. The first kappa shape index (κ1) is 27.7. The molecule has 0 fully saturated rings. The lowest BCUT2D eigenvalue weighted by molar-refractivity contribution is 0.840. The molecule has 1 aliphatic rings. The van der Waals surface area contributed by atoms with Crippen molar-refractivity contribution in [2.75, 3.05) is 0 Å². The molecule has 224 valence electrons. The number of allylic oxidation sites excluding steroid dienone is 4. The number of para-hydroxylation sites is 3. The number of aromatic nitrogens is 2. The van der Waals surface area contributed by atoms with E-state index in [2.05, 4.69) is 155 Å². The number of hydrogen-bond acceptors (Lipinski definition) is 2. The van der Waals surface area contributed by atoms with E-state index in [-0.39, 0.29) is 5.92 Å². The van der Waals surface area contributed by atoms with Gasteiger partial charge >= 0.3 is 0 Å². The summed E-state index contributed by atoms with van der Waals surface area (Å²) in [5, 5.41) is 24.2. The van der Waals surface area contributed by atoms with Crippen molar-refractivity contribution in [1.29, 1.82) is 10.5 Å². The van der Waals surface area contributed by atoms with E-state index in [1.165, 1.54) is 21.8 Å². The number of benzene rings is 6. The SMILES string of the molecule is N#Cc1cc(-c2ccc(-n3c4ccccc4c4ccccc43)cc2)cc(-n2c3ccccc3c3cc(C4=CCC(C#N)C=C4)ccc32)c1. The van der Waals surface area contributed by atoms with Crippen LogP contribution in [0.5, 0.6) is 0 Å². The van der Waals surface area contributed by atoms with Gasteiger partial charge in [0, 0.05) is 32.9 Å². The Morgan fingerprint density at radius 3 is 1.71 bits per heavy atom. The van der Waals surface area contributed by atoms with Crippen LogP contribution in [0.3, 0.4) is 0 Å². The highest BCUT2D eigenvalue weighted by Crippen LogP contribution is 2.37. The summed E-state index contributed by atoms with van der Waals surface area (Å²) in [6.07, 6.45) is 6.94. The summed E-state index contributed by atoms with van der Waals surface area (Å²) in [4.78, 5) is 0. The molecule has 48 heavy (non-hydrogen) atoms. The van der Waals surface area contributed by atoms with Gasteiger partial charge in [-0.05, 0) is 89.3 Å². The van der Waals surface area contributed by atoms with E-state index in [9.17, 15) is 10.5 Å². The molecule has 4 nitrogen and oxygen atoms in total. The van der Waals surface area contributed by atoms with Gasteiger partial charge in [0.05, 0.1) is 45.7 Å². The van der Waals surface area contributed by atoms with Crippen molar-refractivity contribution in [2.45, 2.75) is 6.42 Å². The van der Waals surface area contributed by atoms with Crippen molar-refractivity contribution in [3.05, 3.63) is 163 Å². The highest BCUT2D eigenvalue weighted by atomic mass is 15.0. The van der Waals surface area contributed by atoms with E-state index < -0.39 is 0 Å². The van der Waals surface area contributed by atoms with Gasteiger partial charge in [-0.15, -0.1) is 0 Å². The Balaban J connectivity index is 1.16. The van der Waals surface area contributed by atoms with Crippen LogP contribution in [0.25, 0.3) is 71.7 Å². The van der Waals surface area contributed by atoms with Crippen molar-refractivity contribution in [1.82, 2.24) is 9.13 Å². The molecule has 4 heteroatoms. The van der Waals surface area contributed by atoms with Gasteiger partial charge in [-0.2, -0.15) is 10.5 Å². The zero-order chi connectivity index (χ0) is 32.2. The third-order valence-electron chi connectivity index (χ3n) is 9.62. The number of fused-ring (bicyclic) bond motifs is 6. The summed E-state index contributed by atoms with van der Waals surface area (Å²) in [6.45, 7) is 0. The number of nitrogens with zero attached hydrogens (tertiary/aromatic N) is 4. The standard InChI is InChI=1S/C44H28N4/c45-27-29-13-15-31(16-14-29)33-19-22-44-40(26-33)39-9-3-6-12-43(39)48(44)36-24-30(28-46)23-34(25-36)32-17-20-35(21-18-32)47-41-10-4-1-7-37(41)38-8-2-5-11-42(38)47/h1-13,15-26,29H,14H2. The Morgan fingerprint density at radius 2 is 1.10 bits per heavy atom. The molecule has 0 saturated carbocycles. The molecule has 0 aliphatic heterocycles. The van der Waals surface area contributed by atoms with Gasteiger partial charge in [0.2, 0.25) is 0 Å². The Bertz CT molecular complexity index is 2670. The summed E-state index contributed by atoms with van der Waals surface area (Å²) in [6, 6.07) is 51.6. The fourth-order valence-corrected chi connectivity index (χ4v) is 7.34. The molecular weight excluding hydrogens is 585 g/mol. The minimum absolute atomic E-state index is 0.0640. The van der Waals surface area contributed by atoms with Gasteiger partial charge in [-0.25, -0.2) is 0 Å². The van der Waals surface area contributed by atoms with Gasteiger partial charge in [-0.3, -0.25) is 0 Å². The van der Waals surface area contributed by atoms with E-state index in [4.69, 9.17) is 0 Å². The highest BCUT2D eigenvalue weighted by Gasteiger charge is 2.17. The topological polar surface area (TPSA) is 57.4 Å². The fourth-order valence-electron chi connectivity index (χ4n) is 7.34. The van der Waals surface area contributed by atoms with Crippen LogP contribution < -0.4 is 0 Å². The van der Waals surface area contributed by atoms with E-state index >= 15 is 0 Å². The van der Waals surface area contributed by atoms with Crippen LogP contribution in [-0.2, 0) is 0 Å². The molecule has 0 bridgehead atoms. The summed E-state index contributed by atoms with van der Waals surface area (Å²) in [7, 11) is 0. The van der Waals surface area contributed by atoms with Crippen molar-refractivity contribution in [3.63, 3.8) is 0 Å². The van der Waals surface area contributed by atoms with E-state index in [1.54, 1.807) is 0 Å². The van der Waals surface area contributed by atoms with Crippen molar-refractivity contribution in [2.24, 2.45) is 5.92 Å². The van der Waals surface area contributed by atoms with Crippen LogP contribution in [-0.4, -0.2) is 9.13 Å². The first-order chi connectivity index (χ1) is 23.7. The predicted octanol–water partition coefficient (Wildman–Crippen LogP) is 10.9. The maximum atomic E-state index is 10.1. The van der Waals surface area contributed by atoms with Crippen molar-refractivity contribution < 1.29 is 0 Å². The second-order valence-corrected chi connectivity index (χ2v) is 12.4. The summed E-state index contributed by atoms with van der Waals surface area (Å²) < 4.78 is 4.58. The zero-order valence-corrected chi connectivity index (χ0v) is 26.0. The summed E-state index contributed by atoms with van der Waals surface area (Å²) in [5.41, 5.74) is 11.5. The van der Waals surface area contributed by atoms with Gasteiger partial charge in [0.25, 0.3) is 0 Å². The van der Waals surface area contributed by atoms with Crippen LogP contribution in [0.1, 0.15) is 17.5 Å². The second kappa shape index (κ2) is 11.0. The van der Waals surface area contributed by atoms with E-state index in [0.29, 0.717) is 5.56 Å². The number of hydrogen-bond donors (Lipinski definition) is 0. The Hall–Kier alpha value is -6.62. The molecule has 1 atom stereocenters. The summed E-state index contributed by atoms with van der Waals surface area (Å²) in [5.74, 6) is -0.0640. The maximum Gasteiger partial charge on any atom is 0.0992 e. The normalized spacial score (nSPS) is 14.4. The first-order valence-electron chi connectivity index (χ1n) is 16.2. The molecular formula is C44H28N4. The first-order valence-corrected chi connectivity index (χ1v) is 16.2. The van der Waals surface area contributed by atoms with E-state index in [1.807, 2.05) is 18.2 Å². The molecule has 9 rings (SSSR count). The van der Waals surface area contributed by atoms with Gasteiger partial charge < -0.3 is 9.13 Å². The largest absolute Gasteiger partial charge is 0.309 e. The number of nitriles is 2. The molecule has 1 aliphatic carbocycles. The quantitative estimate of drug-likeness (QED) is 0.199. The minimum Gasteiger partial charge on any atom is -0.309 e. The molecule has 1 unspecified atom stereocenters. The van der Waals surface area contributed by atoms with Crippen LogP contribution in [0.4, 0.5) is 0 Å². The smallest absolute Gasteiger partial charge is 0.0992 e. The van der Waals surface area contributed by atoms with Crippen LogP contribution >= 0.6 is 0 Å². The van der Waals surface area contributed by atoms with Crippen LogP contribution in [0, 0.1) is 28.6 Å². The average Bonchev–Trinajstić information content (AvgIpc) is 3.67. The fraction of sp³-hybridized carbons (Fsp3) is 0.0455. The lowest BCUT2D eigenvalue weighted by atomic mass is 9.93.